The van der Waals surface area contributed by atoms with Gasteiger partial charge in [-0.3, -0.25) is 0 Å². The van der Waals surface area contributed by atoms with E-state index in [0.717, 1.165) is 22.3 Å². The Morgan fingerprint density at radius 2 is 1.71 bits per heavy atom. The van der Waals surface area contributed by atoms with Gasteiger partial charge in [0.1, 0.15) is 5.75 Å². The molecule has 2 aromatic carbocycles. The predicted molar refractivity (Wildman–Crippen MR) is 82.9 cm³/mol. The number of ether oxygens (including phenoxy) is 1. The van der Waals surface area contributed by atoms with Gasteiger partial charge in [0.05, 0.1) is 0 Å². The van der Waals surface area contributed by atoms with E-state index in [2.05, 4.69) is 0 Å². The van der Waals surface area contributed by atoms with E-state index < -0.39 is 12.1 Å². The van der Waals surface area contributed by atoms with Gasteiger partial charge in [0, 0.05) is 6.42 Å². The summed E-state index contributed by atoms with van der Waals surface area (Å²) in [6, 6.07) is 13.4. The molecule has 0 fully saturated rings. The zero-order valence-corrected chi connectivity index (χ0v) is 12.6. The number of hydrogen-bond acceptors (Lipinski definition) is 2. The SMILES string of the molecule is Cc1ccccc1O[C@H](Cc1cccc(C)c1C)C(=O)O. The molecule has 21 heavy (non-hydrogen) atoms. The third-order valence-electron chi connectivity index (χ3n) is 3.76. The minimum absolute atomic E-state index is 0.358. The topological polar surface area (TPSA) is 46.5 Å². The number of para-hydroxylation sites is 1. The van der Waals surface area contributed by atoms with Crippen molar-refractivity contribution >= 4 is 5.97 Å². The summed E-state index contributed by atoms with van der Waals surface area (Å²) < 4.78 is 5.71. The first-order valence-corrected chi connectivity index (χ1v) is 6.99. The molecule has 0 spiro atoms. The summed E-state index contributed by atoms with van der Waals surface area (Å²) in [6.45, 7) is 5.94. The van der Waals surface area contributed by atoms with E-state index >= 15 is 0 Å². The van der Waals surface area contributed by atoms with E-state index in [1.165, 1.54) is 0 Å². The second-order valence-corrected chi connectivity index (χ2v) is 5.27. The minimum Gasteiger partial charge on any atom is -0.478 e. The number of carbonyl (C=O) groups is 1. The quantitative estimate of drug-likeness (QED) is 0.911. The maximum Gasteiger partial charge on any atom is 0.345 e. The third-order valence-corrected chi connectivity index (χ3v) is 3.76. The summed E-state index contributed by atoms with van der Waals surface area (Å²) in [7, 11) is 0. The van der Waals surface area contributed by atoms with Gasteiger partial charge in [-0.05, 0) is 49.1 Å². The Morgan fingerprint density at radius 3 is 2.38 bits per heavy atom. The van der Waals surface area contributed by atoms with Crippen molar-refractivity contribution in [3.63, 3.8) is 0 Å². The molecule has 0 aliphatic carbocycles. The highest BCUT2D eigenvalue weighted by molar-refractivity contribution is 5.73. The van der Waals surface area contributed by atoms with Gasteiger partial charge in [-0.15, -0.1) is 0 Å². The van der Waals surface area contributed by atoms with Crippen LogP contribution in [0.25, 0.3) is 0 Å². The van der Waals surface area contributed by atoms with Crippen LogP contribution in [0.1, 0.15) is 22.3 Å². The third kappa shape index (κ3) is 3.63. The molecule has 0 heterocycles. The molecule has 0 unspecified atom stereocenters. The van der Waals surface area contributed by atoms with Gasteiger partial charge >= 0.3 is 5.97 Å². The van der Waals surface area contributed by atoms with Crippen LogP contribution in [0.3, 0.4) is 0 Å². The van der Waals surface area contributed by atoms with Gasteiger partial charge in [-0.2, -0.15) is 0 Å². The van der Waals surface area contributed by atoms with Crippen molar-refractivity contribution in [2.45, 2.75) is 33.3 Å². The van der Waals surface area contributed by atoms with Crippen molar-refractivity contribution < 1.29 is 14.6 Å². The number of carboxylic acids is 1. The first-order chi connectivity index (χ1) is 9.99. The molecule has 2 aromatic rings. The van der Waals surface area contributed by atoms with Crippen LogP contribution in [0.4, 0.5) is 0 Å². The van der Waals surface area contributed by atoms with Crippen molar-refractivity contribution in [2.24, 2.45) is 0 Å². The second-order valence-electron chi connectivity index (χ2n) is 5.27. The average molecular weight is 284 g/mol. The lowest BCUT2D eigenvalue weighted by atomic mass is 9.98. The molecule has 0 aromatic heterocycles. The Balaban J connectivity index is 2.22. The highest BCUT2D eigenvalue weighted by Gasteiger charge is 2.21. The second kappa shape index (κ2) is 6.44. The summed E-state index contributed by atoms with van der Waals surface area (Å²) in [5.74, 6) is -0.325. The molecule has 2 rings (SSSR count). The monoisotopic (exact) mass is 284 g/mol. The van der Waals surface area contributed by atoms with Crippen LogP contribution in [0.5, 0.6) is 5.75 Å². The summed E-state index contributed by atoms with van der Waals surface area (Å²) >= 11 is 0. The predicted octanol–water partition coefficient (Wildman–Crippen LogP) is 3.69. The fourth-order valence-corrected chi connectivity index (χ4v) is 2.25. The van der Waals surface area contributed by atoms with Gasteiger partial charge in [0.25, 0.3) is 0 Å². The zero-order chi connectivity index (χ0) is 15.4. The number of aryl methyl sites for hydroxylation is 2. The summed E-state index contributed by atoms with van der Waals surface area (Å²) in [4.78, 5) is 11.5. The molecular weight excluding hydrogens is 264 g/mol. The smallest absolute Gasteiger partial charge is 0.345 e. The van der Waals surface area contributed by atoms with Crippen molar-refractivity contribution in [3.8, 4) is 5.75 Å². The maximum atomic E-state index is 11.5. The van der Waals surface area contributed by atoms with E-state index in [9.17, 15) is 9.90 Å². The number of benzene rings is 2. The van der Waals surface area contributed by atoms with E-state index in [1.54, 1.807) is 6.07 Å². The van der Waals surface area contributed by atoms with Crippen LogP contribution in [-0.4, -0.2) is 17.2 Å². The highest BCUT2D eigenvalue weighted by Crippen LogP contribution is 2.21. The molecule has 0 aliphatic rings. The molecule has 3 nitrogen and oxygen atoms in total. The highest BCUT2D eigenvalue weighted by atomic mass is 16.5. The Bertz CT molecular complexity index is 647. The van der Waals surface area contributed by atoms with Gasteiger partial charge in [0.15, 0.2) is 6.10 Å². The molecule has 110 valence electrons. The van der Waals surface area contributed by atoms with Crippen molar-refractivity contribution in [2.75, 3.05) is 0 Å². The molecule has 0 saturated heterocycles. The fourth-order valence-electron chi connectivity index (χ4n) is 2.25. The van der Waals surface area contributed by atoms with Gasteiger partial charge in [-0.1, -0.05) is 36.4 Å². The van der Waals surface area contributed by atoms with E-state index in [4.69, 9.17) is 4.74 Å². The molecule has 0 aliphatic heterocycles. The van der Waals surface area contributed by atoms with Crippen LogP contribution < -0.4 is 4.74 Å². The Labute approximate surface area is 125 Å². The first-order valence-electron chi connectivity index (χ1n) is 6.99. The minimum atomic E-state index is -0.945. The van der Waals surface area contributed by atoms with Crippen molar-refractivity contribution in [1.29, 1.82) is 0 Å². The Hall–Kier alpha value is -2.29. The van der Waals surface area contributed by atoms with Gasteiger partial charge in [0.2, 0.25) is 0 Å². The number of rotatable bonds is 5. The molecule has 0 bridgehead atoms. The van der Waals surface area contributed by atoms with Crippen molar-refractivity contribution in [3.05, 3.63) is 64.7 Å². The van der Waals surface area contributed by atoms with Crippen molar-refractivity contribution in [1.82, 2.24) is 0 Å². The van der Waals surface area contributed by atoms with E-state index in [1.807, 2.05) is 57.2 Å². The molecule has 0 amide bonds. The van der Waals surface area contributed by atoms with Crippen LogP contribution in [0.15, 0.2) is 42.5 Å². The summed E-state index contributed by atoms with van der Waals surface area (Å²) in [5.41, 5.74) is 4.23. The standard InChI is InChI=1S/C18H20O3/c1-12-8-6-9-15(14(12)3)11-17(18(19)20)21-16-10-5-4-7-13(16)2/h4-10,17H,11H2,1-3H3,(H,19,20)/t17-/m1/s1. The summed E-state index contributed by atoms with van der Waals surface area (Å²) in [6.07, 6.45) is -0.524. The van der Waals surface area contributed by atoms with Gasteiger partial charge in [-0.25, -0.2) is 4.79 Å². The molecule has 0 radical (unpaired) electrons. The normalized spacial score (nSPS) is 12.0. The Kier molecular flexibility index (Phi) is 4.63. The average Bonchev–Trinajstić information content (AvgIpc) is 2.45. The first kappa shape index (κ1) is 15.1. The van der Waals surface area contributed by atoms with E-state index in [0.29, 0.717) is 12.2 Å². The Morgan fingerprint density at radius 1 is 1.05 bits per heavy atom. The zero-order valence-electron chi connectivity index (χ0n) is 12.6. The number of aliphatic carboxylic acids is 1. The molecule has 1 atom stereocenters. The maximum absolute atomic E-state index is 11.5. The largest absolute Gasteiger partial charge is 0.478 e. The van der Waals surface area contributed by atoms with Crippen LogP contribution in [0.2, 0.25) is 0 Å². The lowest BCUT2D eigenvalue weighted by Gasteiger charge is -2.18. The lowest BCUT2D eigenvalue weighted by molar-refractivity contribution is -0.145. The van der Waals surface area contributed by atoms with Crippen LogP contribution >= 0.6 is 0 Å². The van der Waals surface area contributed by atoms with E-state index in [-0.39, 0.29) is 0 Å². The summed E-state index contributed by atoms with van der Waals surface area (Å²) in [5, 5.41) is 9.42. The lowest BCUT2D eigenvalue weighted by Crippen LogP contribution is -2.30. The number of hydrogen-bond donors (Lipinski definition) is 1. The van der Waals surface area contributed by atoms with Crippen LogP contribution in [0, 0.1) is 20.8 Å². The van der Waals surface area contributed by atoms with Crippen LogP contribution in [-0.2, 0) is 11.2 Å². The molecule has 1 N–H and O–H groups in total. The molecule has 0 saturated carbocycles. The number of carboxylic acid groups (broad SMARTS) is 1. The molecular formula is C18H20O3. The fraction of sp³-hybridized carbons (Fsp3) is 0.278. The molecule has 3 heteroatoms. The van der Waals surface area contributed by atoms with Gasteiger partial charge < -0.3 is 9.84 Å².